The first-order valence-corrected chi connectivity index (χ1v) is 7.66. The van der Waals surface area contributed by atoms with Crippen molar-refractivity contribution in [3.8, 4) is 17.1 Å². The van der Waals surface area contributed by atoms with Gasteiger partial charge < -0.3 is 5.11 Å². The van der Waals surface area contributed by atoms with E-state index in [0.29, 0.717) is 17.5 Å². The zero-order valence-corrected chi connectivity index (χ0v) is 13.8. The summed E-state index contributed by atoms with van der Waals surface area (Å²) in [6, 6.07) is 11.3. The normalized spacial score (nSPS) is 11.2. The highest BCUT2D eigenvalue weighted by molar-refractivity contribution is 6.36. The third kappa shape index (κ3) is 3.46. The van der Waals surface area contributed by atoms with Crippen LogP contribution < -0.4 is 0 Å². The highest BCUT2D eigenvalue weighted by Crippen LogP contribution is 2.29. The van der Waals surface area contributed by atoms with Crippen LogP contribution in [-0.2, 0) is 0 Å². The number of ketones is 1. The van der Waals surface area contributed by atoms with Crippen LogP contribution in [0.1, 0.15) is 10.4 Å². The number of carbonyl (C=O) groups is 1. The van der Waals surface area contributed by atoms with E-state index < -0.39 is 46.4 Å². The fourth-order valence-electron chi connectivity index (χ4n) is 2.31. The topological polar surface area (TPSA) is 62.5 Å². The van der Waals surface area contributed by atoms with Crippen molar-refractivity contribution in [3.63, 3.8) is 0 Å². The summed E-state index contributed by atoms with van der Waals surface area (Å²) in [6.07, 6.45) is 0.331. The van der Waals surface area contributed by atoms with Crippen LogP contribution in [0.4, 0.5) is 27.6 Å². The SMILES string of the molecule is O=C(C=Nc1c(F)c(F)c(F)c(F)c1F)c1ccc(-c2ccccc2)nc1O. The van der Waals surface area contributed by atoms with E-state index in [4.69, 9.17) is 0 Å². The molecule has 1 heterocycles. The maximum atomic E-state index is 13.6. The largest absolute Gasteiger partial charge is 0.493 e. The third-order valence-electron chi connectivity index (χ3n) is 3.71. The van der Waals surface area contributed by atoms with Gasteiger partial charge in [0.25, 0.3) is 0 Å². The van der Waals surface area contributed by atoms with Gasteiger partial charge in [-0.05, 0) is 12.1 Å². The first kappa shape index (κ1) is 19.2. The fraction of sp³-hybridized carbons (Fsp3) is 0. The molecule has 0 amide bonds. The lowest BCUT2D eigenvalue weighted by Gasteiger charge is -2.05. The van der Waals surface area contributed by atoms with Crippen molar-refractivity contribution in [2.24, 2.45) is 4.99 Å². The van der Waals surface area contributed by atoms with Crippen LogP contribution in [0, 0.1) is 29.1 Å². The second-order valence-electron chi connectivity index (χ2n) is 5.47. The molecule has 0 bridgehead atoms. The minimum absolute atomic E-state index is 0.331. The predicted molar refractivity (Wildman–Crippen MR) is 90.1 cm³/mol. The summed E-state index contributed by atoms with van der Waals surface area (Å²) in [7, 11) is 0. The van der Waals surface area contributed by atoms with E-state index in [-0.39, 0.29) is 5.56 Å². The molecule has 0 saturated heterocycles. The van der Waals surface area contributed by atoms with E-state index in [1.165, 1.54) is 12.1 Å². The third-order valence-corrected chi connectivity index (χ3v) is 3.71. The molecular formula is C19H9F5N2O2. The Kier molecular flexibility index (Phi) is 5.16. The molecule has 1 N–H and O–H groups in total. The number of hydrogen-bond acceptors (Lipinski definition) is 4. The number of Topliss-reactive ketones (excluding diaryl/α,β-unsaturated/α-hetero) is 1. The molecule has 3 rings (SSSR count). The highest BCUT2D eigenvalue weighted by atomic mass is 19.2. The minimum atomic E-state index is -2.33. The van der Waals surface area contributed by atoms with E-state index >= 15 is 0 Å². The molecule has 0 aliphatic heterocycles. The summed E-state index contributed by atoms with van der Waals surface area (Å²) in [4.78, 5) is 19.0. The van der Waals surface area contributed by atoms with Gasteiger partial charge in [0.15, 0.2) is 23.3 Å². The van der Waals surface area contributed by atoms with E-state index in [0.717, 1.165) is 0 Å². The molecule has 0 atom stereocenters. The molecule has 142 valence electrons. The Balaban J connectivity index is 1.92. The molecule has 3 aromatic rings. The zero-order chi connectivity index (χ0) is 20.4. The second-order valence-corrected chi connectivity index (χ2v) is 5.47. The summed E-state index contributed by atoms with van der Waals surface area (Å²) < 4.78 is 66.4. The molecule has 0 fully saturated rings. The van der Waals surface area contributed by atoms with Crippen LogP contribution in [0.15, 0.2) is 47.5 Å². The van der Waals surface area contributed by atoms with Gasteiger partial charge in [-0.3, -0.25) is 4.79 Å². The predicted octanol–water partition coefficient (Wildman–Crippen LogP) is 4.73. The molecule has 0 unspecified atom stereocenters. The molecular weight excluding hydrogens is 383 g/mol. The first-order valence-electron chi connectivity index (χ1n) is 7.66. The molecule has 9 heteroatoms. The van der Waals surface area contributed by atoms with E-state index in [1.54, 1.807) is 30.3 Å². The van der Waals surface area contributed by atoms with Crippen LogP contribution >= 0.6 is 0 Å². The Morgan fingerprint density at radius 1 is 0.857 bits per heavy atom. The fourth-order valence-corrected chi connectivity index (χ4v) is 2.31. The molecule has 1 aromatic heterocycles. The summed E-state index contributed by atoms with van der Waals surface area (Å²) in [5.74, 6) is -12.8. The van der Waals surface area contributed by atoms with Crippen molar-refractivity contribution >= 4 is 17.7 Å². The quantitative estimate of drug-likeness (QED) is 0.229. The maximum Gasteiger partial charge on any atom is 0.222 e. The number of hydrogen-bond donors (Lipinski definition) is 1. The number of aliphatic imine (C=N–C) groups is 1. The number of nitrogens with zero attached hydrogens (tertiary/aromatic N) is 2. The van der Waals surface area contributed by atoms with Gasteiger partial charge in [0, 0.05) is 5.56 Å². The minimum Gasteiger partial charge on any atom is -0.493 e. The van der Waals surface area contributed by atoms with Crippen LogP contribution in [0.5, 0.6) is 5.88 Å². The maximum absolute atomic E-state index is 13.6. The molecule has 0 aliphatic carbocycles. The average molecular weight is 392 g/mol. The Labute approximate surface area is 154 Å². The van der Waals surface area contributed by atoms with Crippen molar-refractivity contribution in [2.75, 3.05) is 0 Å². The summed E-state index contributed by atoms with van der Waals surface area (Å²) in [5.41, 5.74) is -0.872. The van der Waals surface area contributed by atoms with Gasteiger partial charge in [0.1, 0.15) is 5.69 Å². The number of aromatic hydroxyl groups is 1. The zero-order valence-electron chi connectivity index (χ0n) is 13.8. The van der Waals surface area contributed by atoms with Gasteiger partial charge in [-0.25, -0.2) is 31.9 Å². The first-order chi connectivity index (χ1) is 13.3. The summed E-state index contributed by atoms with van der Waals surface area (Å²) in [5, 5.41) is 9.94. The number of halogens is 5. The van der Waals surface area contributed by atoms with Crippen molar-refractivity contribution in [1.29, 1.82) is 0 Å². The van der Waals surface area contributed by atoms with Crippen molar-refractivity contribution in [1.82, 2.24) is 4.98 Å². The number of rotatable bonds is 4. The van der Waals surface area contributed by atoms with Gasteiger partial charge in [-0.1, -0.05) is 30.3 Å². The number of aromatic nitrogens is 1. The Morgan fingerprint density at radius 2 is 1.43 bits per heavy atom. The smallest absolute Gasteiger partial charge is 0.222 e. The van der Waals surface area contributed by atoms with Gasteiger partial charge in [0.2, 0.25) is 17.5 Å². The number of benzene rings is 2. The molecule has 0 radical (unpaired) electrons. The Morgan fingerprint density at radius 3 is 2.00 bits per heavy atom. The molecule has 2 aromatic carbocycles. The van der Waals surface area contributed by atoms with Crippen molar-refractivity contribution in [3.05, 3.63) is 77.1 Å². The average Bonchev–Trinajstić information content (AvgIpc) is 2.71. The van der Waals surface area contributed by atoms with Crippen LogP contribution in [0.3, 0.4) is 0 Å². The monoisotopic (exact) mass is 392 g/mol. The molecule has 28 heavy (non-hydrogen) atoms. The molecule has 4 nitrogen and oxygen atoms in total. The van der Waals surface area contributed by atoms with E-state index in [1.807, 2.05) is 0 Å². The van der Waals surface area contributed by atoms with E-state index in [9.17, 15) is 31.9 Å². The molecule has 0 spiro atoms. The standard InChI is InChI=1S/C19H9F5N2O2/c20-13-14(21)16(23)18(17(24)15(13)22)25-8-12(27)10-6-7-11(26-19(10)28)9-4-2-1-3-5-9/h1-8H,(H,26,28). The lowest BCUT2D eigenvalue weighted by Crippen LogP contribution is -2.04. The lowest BCUT2D eigenvalue weighted by atomic mass is 10.1. The molecule has 0 saturated carbocycles. The van der Waals surface area contributed by atoms with Crippen LogP contribution in [0.25, 0.3) is 11.3 Å². The van der Waals surface area contributed by atoms with Crippen LogP contribution in [-0.4, -0.2) is 22.1 Å². The van der Waals surface area contributed by atoms with Crippen molar-refractivity contribution < 1.29 is 31.9 Å². The van der Waals surface area contributed by atoms with Gasteiger partial charge in [0.05, 0.1) is 17.5 Å². The lowest BCUT2D eigenvalue weighted by molar-refractivity contribution is 0.106. The number of pyridine rings is 1. The van der Waals surface area contributed by atoms with Crippen LogP contribution in [0.2, 0.25) is 0 Å². The second kappa shape index (κ2) is 7.55. The highest BCUT2D eigenvalue weighted by Gasteiger charge is 2.25. The van der Waals surface area contributed by atoms with Gasteiger partial charge in [-0.2, -0.15) is 0 Å². The van der Waals surface area contributed by atoms with Gasteiger partial charge >= 0.3 is 0 Å². The summed E-state index contributed by atoms with van der Waals surface area (Å²) >= 11 is 0. The summed E-state index contributed by atoms with van der Waals surface area (Å²) in [6.45, 7) is 0. The Bertz CT molecular complexity index is 1070. The number of carbonyl (C=O) groups excluding carboxylic acids is 1. The Hall–Kier alpha value is -3.62. The van der Waals surface area contributed by atoms with Crippen molar-refractivity contribution in [2.45, 2.75) is 0 Å². The van der Waals surface area contributed by atoms with Gasteiger partial charge in [-0.15, -0.1) is 0 Å². The molecule has 0 aliphatic rings. The van der Waals surface area contributed by atoms with E-state index in [2.05, 4.69) is 9.98 Å².